The minimum atomic E-state index is -1.56. The van der Waals surface area contributed by atoms with Crippen molar-refractivity contribution in [2.75, 3.05) is 0 Å². The third kappa shape index (κ3) is 2.90. The maximum atomic E-state index is 5.18. The van der Waals surface area contributed by atoms with Gasteiger partial charge in [0.2, 0.25) is 8.07 Å². The van der Waals surface area contributed by atoms with E-state index in [9.17, 15) is 0 Å². The van der Waals surface area contributed by atoms with Crippen molar-refractivity contribution in [3.05, 3.63) is 0 Å². The van der Waals surface area contributed by atoms with Crippen molar-refractivity contribution in [3.63, 3.8) is 0 Å². The largest absolute Gasteiger partial charge is 0.211 e. The van der Waals surface area contributed by atoms with Gasteiger partial charge < -0.3 is 0 Å². The van der Waals surface area contributed by atoms with Crippen LogP contribution >= 0.6 is 15.9 Å². The highest BCUT2D eigenvalue weighted by Gasteiger charge is 2.12. The third-order valence-corrected chi connectivity index (χ3v) is 2.76. The summed E-state index contributed by atoms with van der Waals surface area (Å²) >= 11 is 3.00. The summed E-state index contributed by atoms with van der Waals surface area (Å²) in [6.07, 6.45) is 5.18. The molecule has 0 spiro atoms. The normalized spacial score (nSPS) is 8.75. The predicted molar refractivity (Wildman–Crippen MR) is 43.0 cm³/mol. The highest BCUT2D eigenvalue weighted by molar-refractivity contribution is 9.12. The second kappa shape index (κ2) is 2.97. The Morgan fingerprint density at radius 2 is 2.00 bits per heavy atom. The molecule has 0 aromatic carbocycles. The summed E-state index contributed by atoms with van der Waals surface area (Å²) in [4.78, 5) is 2.64. The SMILES string of the molecule is C#C[Si](C)(C)C#CBr. The van der Waals surface area contributed by atoms with E-state index in [-0.39, 0.29) is 0 Å². The molecule has 0 fully saturated rings. The third-order valence-electron chi connectivity index (χ3n) is 0.721. The number of halogens is 1. The summed E-state index contributed by atoms with van der Waals surface area (Å²) in [7, 11) is -1.56. The average molecular weight is 187 g/mol. The fourth-order valence-electron chi connectivity index (χ4n) is 0.154. The van der Waals surface area contributed by atoms with Crippen molar-refractivity contribution in [2.24, 2.45) is 0 Å². The van der Waals surface area contributed by atoms with E-state index in [1.165, 1.54) is 0 Å². The van der Waals surface area contributed by atoms with Gasteiger partial charge >= 0.3 is 0 Å². The monoisotopic (exact) mass is 186 g/mol. The van der Waals surface area contributed by atoms with E-state index >= 15 is 0 Å². The van der Waals surface area contributed by atoms with E-state index in [0.717, 1.165) is 0 Å². The molecule has 0 unspecified atom stereocenters. The Morgan fingerprint density at radius 3 is 2.12 bits per heavy atom. The van der Waals surface area contributed by atoms with E-state index in [0.29, 0.717) is 0 Å². The Hall–Kier alpha value is -0.183. The van der Waals surface area contributed by atoms with Crippen LogP contribution in [0.1, 0.15) is 0 Å². The van der Waals surface area contributed by atoms with Crippen molar-refractivity contribution < 1.29 is 0 Å². The van der Waals surface area contributed by atoms with Crippen LogP contribution in [0.4, 0.5) is 0 Å². The molecule has 0 radical (unpaired) electrons. The van der Waals surface area contributed by atoms with Crippen LogP contribution in [0.3, 0.4) is 0 Å². The van der Waals surface area contributed by atoms with Gasteiger partial charge in [-0.15, -0.1) is 17.5 Å². The molecule has 0 atom stereocenters. The van der Waals surface area contributed by atoms with Gasteiger partial charge in [-0.05, 0) is 17.9 Å². The molecule has 8 heavy (non-hydrogen) atoms. The first-order chi connectivity index (χ1) is 3.62. The lowest BCUT2D eigenvalue weighted by Gasteiger charge is -2.00. The van der Waals surface area contributed by atoms with Crippen LogP contribution in [-0.2, 0) is 0 Å². The zero-order valence-corrected chi connectivity index (χ0v) is 7.54. The van der Waals surface area contributed by atoms with Gasteiger partial charge in [0.25, 0.3) is 0 Å². The van der Waals surface area contributed by atoms with E-state index in [1.54, 1.807) is 0 Å². The lowest BCUT2D eigenvalue weighted by molar-refractivity contribution is 1.95. The number of terminal acetylenes is 1. The van der Waals surface area contributed by atoms with Crippen molar-refractivity contribution in [1.29, 1.82) is 0 Å². The Labute approximate surface area is 59.8 Å². The van der Waals surface area contributed by atoms with Gasteiger partial charge in [-0.25, -0.2) is 0 Å². The number of hydrogen-bond donors (Lipinski definition) is 0. The van der Waals surface area contributed by atoms with Gasteiger partial charge in [0, 0.05) is 15.9 Å². The van der Waals surface area contributed by atoms with Crippen LogP contribution in [0, 0.1) is 22.3 Å². The van der Waals surface area contributed by atoms with Crippen molar-refractivity contribution in [1.82, 2.24) is 0 Å². The minimum Gasteiger partial charge on any atom is -0.126 e. The molecule has 2 heteroatoms. The molecular weight excluding hydrogens is 180 g/mol. The summed E-state index contributed by atoms with van der Waals surface area (Å²) in [5.74, 6) is 0. The topological polar surface area (TPSA) is 0 Å². The maximum Gasteiger partial charge on any atom is 0.211 e. The first-order valence-electron chi connectivity index (χ1n) is 2.23. The Balaban J connectivity index is 4.12. The maximum absolute atomic E-state index is 5.18. The van der Waals surface area contributed by atoms with Crippen LogP contribution in [0.15, 0.2) is 0 Å². The van der Waals surface area contributed by atoms with Crippen LogP contribution in [0.2, 0.25) is 13.1 Å². The quantitative estimate of drug-likeness (QED) is 0.400. The molecule has 0 aromatic heterocycles. The molecule has 0 N–H and O–H groups in total. The fraction of sp³-hybridized carbons (Fsp3) is 0.333. The van der Waals surface area contributed by atoms with E-state index < -0.39 is 8.07 Å². The summed E-state index contributed by atoms with van der Waals surface area (Å²) in [5, 5.41) is 0. The Bertz CT molecular complexity index is 165. The second-order valence-electron chi connectivity index (χ2n) is 1.99. The molecule has 0 saturated carbocycles. The highest BCUT2D eigenvalue weighted by atomic mass is 79.9. The molecule has 0 rings (SSSR count). The van der Waals surface area contributed by atoms with Gasteiger partial charge in [0.15, 0.2) is 0 Å². The number of hydrogen-bond acceptors (Lipinski definition) is 0. The molecule has 0 aliphatic heterocycles. The van der Waals surface area contributed by atoms with Gasteiger partial charge in [0.1, 0.15) is 0 Å². The second-order valence-corrected chi connectivity index (χ2v) is 6.17. The molecular formula is C6H7BrSi. The number of rotatable bonds is 0. The molecule has 42 valence electrons. The molecule has 0 aliphatic carbocycles. The first kappa shape index (κ1) is 7.82. The summed E-state index contributed by atoms with van der Waals surface area (Å²) in [6, 6.07) is 0. The molecule has 0 amide bonds. The molecule has 0 nitrogen and oxygen atoms in total. The zero-order valence-electron chi connectivity index (χ0n) is 4.96. The van der Waals surface area contributed by atoms with E-state index in [1.807, 2.05) is 13.1 Å². The molecule has 0 aliphatic rings. The Morgan fingerprint density at radius 1 is 1.50 bits per heavy atom. The molecule has 0 bridgehead atoms. The van der Waals surface area contributed by atoms with Crippen LogP contribution in [0.25, 0.3) is 0 Å². The van der Waals surface area contributed by atoms with Gasteiger partial charge in [0.05, 0.1) is 0 Å². The highest BCUT2D eigenvalue weighted by Crippen LogP contribution is 1.95. The first-order valence-corrected chi connectivity index (χ1v) is 6.02. The average Bonchev–Trinajstić information content (AvgIpc) is 1.67. The van der Waals surface area contributed by atoms with Gasteiger partial charge in [-0.3, -0.25) is 0 Å². The standard InChI is InChI=1S/C6H7BrSi/c1-4-8(2,3)6-5-7/h1H,2-3H3. The van der Waals surface area contributed by atoms with Crippen LogP contribution in [-0.4, -0.2) is 8.07 Å². The van der Waals surface area contributed by atoms with Crippen molar-refractivity contribution in [2.45, 2.75) is 13.1 Å². The van der Waals surface area contributed by atoms with E-state index in [4.69, 9.17) is 6.42 Å². The van der Waals surface area contributed by atoms with E-state index in [2.05, 4.69) is 31.8 Å². The summed E-state index contributed by atoms with van der Waals surface area (Å²) in [6.45, 7) is 4.06. The van der Waals surface area contributed by atoms with Gasteiger partial charge in [-0.2, -0.15) is 0 Å². The fourth-order valence-corrected chi connectivity index (χ4v) is 1.95. The summed E-state index contributed by atoms with van der Waals surface area (Å²) in [5.41, 5.74) is 5.62. The van der Waals surface area contributed by atoms with Crippen LogP contribution < -0.4 is 0 Å². The van der Waals surface area contributed by atoms with Crippen molar-refractivity contribution in [3.8, 4) is 22.3 Å². The predicted octanol–water partition coefficient (Wildman–Crippen LogP) is 1.76. The van der Waals surface area contributed by atoms with Crippen molar-refractivity contribution >= 4 is 24.0 Å². The molecule has 0 aromatic rings. The smallest absolute Gasteiger partial charge is 0.126 e. The molecule has 0 saturated heterocycles. The Kier molecular flexibility index (Phi) is 2.90. The summed E-state index contributed by atoms with van der Waals surface area (Å²) < 4.78 is 0. The minimum absolute atomic E-state index is 1.56. The van der Waals surface area contributed by atoms with Crippen LogP contribution in [0.5, 0.6) is 0 Å². The lowest BCUT2D eigenvalue weighted by atomic mass is 11.4. The lowest BCUT2D eigenvalue weighted by Crippen LogP contribution is -2.19. The van der Waals surface area contributed by atoms with Gasteiger partial charge in [-0.1, -0.05) is 0 Å². The molecule has 0 heterocycles. The zero-order chi connectivity index (χ0) is 6.62.